The summed E-state index contributed by atoms with van der Waals surface area (Å²) < 4.78 is 23.9. The number of carboxylic acid groups (broad SMARTS) is 1. The van der Waals surface area contributed by atoms with Gasteiger partial charge in [-0.25, -0.2) is 17.9 Å². The van der Waals surface area contributed by atoms with Crippen molar-refractivity contribution < 1.29 is 23.1 Å². The quantitative estimate of drug-likeness (QED) is 0.532. The lowest BCUT2D eigenvalue weighted by molar-refractivity contribution is 0.0690. The number of aromatic carboxylic acids is 1. The molecule has 1 aromatic rings. The summed E-state index contributed by atoms with van der Waals surface area (Å²) >= 11 is 0. The third kappa shape index (κ3) is 4.07. The van der Waals surface area contributed by atoms with Gasteiger partial charge in [-0.1, -0.05) is 0 Å². The molecule has 0 aliphatic carbocycles. The molecular weight excluding hydrogens is 286 g/mol. The zero-order chi connectivity index (χ0) is 15.5. The van der Waals surface area contributed by atoms with E-state index in [1.807, 2.05) is 0 Å². The van der Waals surface area contributed by atoms with Crippen LogP contribution in [0.5, 0.6) is 0 Å². The molecule has 0 fully saturated rings. The molecule has 4 N–H and O–H groups in total. The fraction of sp³-hybridized carbons (Fsp3) is 0.455. The minimum Gasteiger partial charge on any atom is -0.477 e. The van der Waals surface area contributed by atoms with Gasteiger partial charge in [0.1, 0.15) is 5.69 Å². The second kappa shape index (κ2) is 6.06. The van der Waals surface area contributed by atoms with Gasteiger partial charge in [-0.15, -0.1) is 0 Å². The third-order valence-corrected chi connectivity index (χ3v) is 3.38. The number of carboxylic acids is 1. The molecule has 1 rings (SSSR count). The highest BCUT2D eigenvalue weighted by molar-refractivity contribution is 7.88. The zero-order valence-corrected chi connectivity index (χ0v) is 12.2. The lowest BCUT2D eigenvalue weighted by Gasteiger charge is -2.06. The Labute approximate surface area is 116 Å². The van der Waals surface area contributed by atoms with Crippen LogP contribution in [-0.2, 0) is 10.0 Å². The molecule has 1 heterocycles. The first kappa shape index (κ1) is 16.2. The second-order valence-corrected chi connectivity index (χ2v) is 6.19. The van der Waals surface area contributed by atoms with E-state index in [0.717, 1.165) is 6.26 Å². The Balaban J connectivity index is 2.72. The van der Waals surface area contributed by atoms with Crippen LogP contribution >= 0.6 is 0 Å². The number of aromatic nitrogens is 1. The van der Waals surface area contributed by atoms with Crippen LogP contribution in [0.25, 0.3) is 0 Å². The van der Waals surface area contributed by atoms with Crippen LogP contribution in [0.1, 0.15) is 32.1 Å². The summed E-state index contributed by atoms with van der Waals surface area (Å²) in [5.41, 5.74) is 1.04. The molecule has 1 amide bonds. The fourth-order valence-electron chi connectivity index (χ4n) is 1.81. The van der Waals surface area contributed by atoms with Crippen LogP contribution in [0, 0.1) is 13.8 Å². The van der Waals surface area contributed by atoms with Crippen molar-refractivity contribution in [2.75, 3.05) is 19.3 Å². The van der Waals surface area contributed by atoms with E-state index >= 15 is 0 Å². The summed E-state index contributed by atoms with van der Waals surface area (Å²) in [5.74, 6) is -1.58. The molecule has 1 aromatic heterocycles. The van der Waals surface area contributed by atoms with E-state index in [-0.39, 0.29) is 24.3 Å². The lowest BCUT2D eigenvalue weighted by atomic mass is 10.1. The number of aromatic amines is 1. The number of rotatable bonds is 6. The predicted molar refractivity (Wildman–Crippen MR) is 72.4 cm³/mol. The highest BCUT2D eigenvalue weighted by Crippen LogP contribution is 2.17. The Bertz CT molecular complexity index is 633. The van der Waals surface area contributed by atoms with E-state index in [4.69, 9.17) is 5.11 Å². The molecule has 0 radical (unpaired) electrons. The van der Waals surface area contributed by atoms with Crippen LogP contribution in [0.3, 0.4) is 0 Å². The number of amides is 1. The van der Waals surface area contributed by atoms with Crippen LogP contribution in [0.2, 0.25) is 0 Å². The summed E-state index contributed by atoms with van der Waals surface area (Å²) in [7, 11) is -3.30. The van der Waals surface area contributed by atoms with Crippen molar-refractivity contribution in [3.05, 3.63) is 22.5 Å². The molecule has 20 heavy (non-hydrogen) atoms. The molecule has 0 aromatic carbocycles. The van der Waals surface area contributed by atoms with Gasteiger partial charge in [-0.05, 0) is 19.4 Å². The first-order valence-electron chi connectivity index (χ1n) is 5.78. The monoisotopic (exact) mass is 303 g/mol. The number of H-pyrrole nitrogens is 1. The number of sulfonamides is 1. The maximum atomic E-state index is 11.9. The van der Waals surface area contributed by atoms with E-state index < -0.39 is 21.9 Å². The predicted octanol–water partition coefficient (Wildman–Crippen LogP) is -0.391. The first-order valence-corrected chi connectivity index (χ1v) is 7.68. The topological polar surface area (TPSA) is 128 Å². The zero-order valence-electron chi connectivity index (χ0n) is 11.4. The van der Waals surface area contributed by atoms with Crippen molar-refractivity contribution in [1.82, 2.24) is 15.0 Å². The summed E-state index contributed by atoms with van der Waals surface area (Å²) in [4.78, 5) is 25.5. The lowest BCUT2D eigenvalue weighted by Crippen LogP contribution is -2.34. The highest BCUT2D eigenvalue weighted by atomic mass is 32.2. The number of carbonyl (C=O) groups is 2. The number of hydrogen-bond acceptors (Lipinski definition) is 4. The van der Waals surface area contributed by atoms with Gasteiger partial charge in [0, 0.05) is 18.8 Å². The van der Waals surface area contributed by atoms with Gasteiger partial charge >= 0.3 is 5.97 Å². The normalized spacial score (nSPS) is 11.3. The number of carbonyl (C=O) groups excluding carboxylic acids is 1. The Hall–Kier alpha value is -1.87. The van der Waals surface area contributed by atoms with Crippen molar-refractivity contribution in [2.24, 2.45) is 0 Å². The van der Waals surface area contributed by atoms with Crippen LogP contribution < -0.4 is 10.0 Å². The van der Waals surface area contributed by atoms with Gasteiger partial charge in [-0.2, -0.15) is 0 Å². The van der Waals surface area contributed by atoms with Gasteiger partial charge < -0.3 is 15.4 Å². The minimum atomic E-state index is -3.30. The maximum absolute atomic E-state index is 11.9. The van der Waals surface area contributed by atoms with Crippen molar-refractivity contribution >= 4 is 21.9 Å². The van der Waals surface area contributed by atoms with Crippen molar-refractivity contribution in [2.45, 2.75) is 13.8 Å². The second-order valence-electron chi connectivity index (χ2n) is 4.35. The molecule has 9 heteroatoms. The average molecular weight is 303 g/mol. The Morgan fingerprint density at radius 2 is 1.85 bits per heavy atom. The standard InChI is InChI=1S/C11H17N3O5S/c1-6-8(7(2)14-9(6)11(16)17)10(15)12-4-5-13-20(3,18)19/h13-14H,4-5H2,1-3H3,(H,12,15)(H,16,17). The molecule has 0 aliphatic rings. The van der Waals surface area contributed by atoms with Crippen molar-refractivity contribution in [3.63, 3.8) is 0 Å². The highest BCUT2D eigenvalue weighted by Gasteiger charge is 2.21. The van der Waals surface area contributed by atoms with Crippen LogP contribution in [0.4, 0.5) is 0 Å². The Morgan fingerprint density at radius 1 is 1.25 bits per heavy atom. The SMILES string of the molecule is Cc1[nH]c(C(=O)O)c(C)c1C(=O)NCCNS(C)(=O)=O. The van der Waals surface area contributed by atoms with Gasteiger partial charge in [0.2, 0.25) is 10.0 Å². The van der Waals surface area contributed by atoms with Crippen molar-refractivity contribution in [1.29, 1.82) is 0 Å². The molecule has 0 saturated heterocycles. The average Bonchev–Trinajstić information content (AvgIpc) is 2.59. The Morgan fingerprint density at radius 3 is 2.30 bits per heavy atom. The molecule has 0 bridgehead atoms. The number of nitrogens with one attached hydrogen (secondary N) is 3. The van der Waals surface area contributed by atoms with Crippen LogP contribution in [0.15, 0.2) is 0 Å². The van der Waals surface area contributed by atoms with Gasteiger partial charge in [0.25, 0.3) is 5.91 Å². The van der Waals surface area contributed by atoms with E-state index in [9.17, 15) is 18.0 Å². The van der Waals surface area contributed by atoms with Gasteiger partial charge in [-0.3, -0.25) is 4.79 Å². The van der Waals surface area contributed by atoms with Gasteiger partial charge in [0.05, 0.1) is 11.8 Å². The molecule has 0 aliphatic heterocycles. The summed E-state index contributed by atoms with van der Waals surface area (Å²) in [6, 6.07) is 0. The van der Waals surface area contributed by atoms with E-state index in [1.54, 1.807) is 6.92 Å². The van der Waals surface area contributed by atoms with Crippen molar-refractivity contribution in [3.8, 4) is 0 Å². The molecule has 0 saturated carbocycles. The smallest absolute Gasteiger partial charge is 0.352 e. The van der Waals surface area contributed by atoms with Crippen LogP contribution in [-0.4, -0.2) is 49.7 Å². The van der Waals surface area contributed by atoms with E-state index in [2.05, 4.69) is 15.0 Å². The van der Waals surface area contributed by atoms with E-state index in [0.29, 0.717) is 11.3 Å². The summed E-state index contributed by atoms with van der Waals surface area (Å²) in [6.07, 6.45) is 1.02. The molecule has 0 unspecified atom stereocenters. The number of aryl methyl sites for hydroxylation is 1. The maximum Gasteiger partial charge on any atom is 0.352 e. The minimum absolute atomic E-state index is 0.0260. The summed E-state index contributed by atoms with van der Waals surface area (Å²) in [6.45, 7) is 3.32. The third-order valence-electron chi connectivity index (χ3n) is 2.65. The molecular formula is C11H17N3O5S. The fourth-order valence-corrected chi connectivity index (χ4v) is 2.28. The number of hydrogen-bond donors (Lipinski definition) is 4. The van der Waals surface area contributed by atoms with Gasteiger partial charge in [0.15, 0.2) is 0 Å². The Kier molecular flexibility index (Phi) is 4.90. The molecule has 0 atom stereocenters. The largest absolute Gasteiger partial charge is 0.477 e. The van der Waals surface area contributed by atoms with E-state index in [1.165, 1.54) is 6.92 Å². The molecule has 0 spiro atoms. The molecule has 8 nitrogen and oxygen atoms in total. The summed E-state index contributed by atoms with van der Waals surface area (Å²) in [5, 5.41) is 11.5. The molecule has 112 valence electrons. The first-order chi connectivity index (χ1) is 9.13.